The van der Waals surface area contributed by atoms with E-state index in [4.69, 9.17) is 13.7 Å². The Morgan fingerprint density at radius 1 is 0.281 bits per heavy atom. The normalized spacial score (nSPS) is 15.1. The van der Waals surface area contributed by atoms with E-state index in [0.717, 1.165) is 65.8 Å². The van der Waals surface area contributed by atoms with Gasteiger partial charge in [-0.2, -0.15) is 0 Å². The highest BCUT2D eigenvalue weighted by molar-refractivity contribution is 6.13. The Bertz CT molecular complexity index is 4090. The molecule has 0 bridgehead atoms. The van der Waals surface area contributed by atoms with E-state index in [-0.39, 0.29) is 5.69 Å². The summed E-state index contributed by atoms with van der Waals surface area (Å²) in [5.41, 5.74) is 4.58. The van der Waals surface area contributed by atoms with Crippen molar-refractivity contribution in [2.24, 2.45) is 0 Å². The molecular weight excluding hydrogens is 691 g/mol. The molecule has 3 heteroatoms. The molecule has 0 aliphatic carbocycles. The molecule has 9 aromatic carbocycles. The highest BCUT2D eigenvalue weighted by Gasteiger charge is 2.19. The van der Waals surface area contributed by atoms with Crippen molar-refractivity contribution in [2.45, 2.75) is 0 Å². The van der Waals surface area contributed by atoms with E-state index in [9.17, 15) is 4.11 Å². The molecule has 3 aromatic heterocycles. The summed E-state index contributed by atoms with van der Waals surface area (Å²) in [5.74, 6) is 0. The number of aromatic nitrogens is 3. The molecule has 0 saturated carbocycles. The van der Waals surface area contributed by atoms with Gasteiger partial charge in [0.2, 0.25) is 0 Å². The van der Waals surface area contributed by atoms with Crippen molar-refractivity contribution < 1.29 is 17.8 Å². The zero-order chi connectivity index (χ0) is 48.8. The number of benzene rings is 9. The fourth-order valence-electron chi connectivity index (χ4n) is 8.49. The number of hydrogen-bond acceptors (Lipinski definition) is 0. The van der Waals surface area contributed by atoms with Crippen LogP contribution in [0.5, 0.6) is 0 Å². The van der Waals surface area contributed by atoms with Crippen LogP contribution in [0.3, 0.4) is 0 Å². The summed E-state index contributed by atoms with van der Waals surface area (Å²) < 4.78 is 122. The highest BCUT2D eigenvalue weighted by Crippen LogP contribution is 2.40. The predicted molar refractivity (Wildman–Crippen MR) is 240 cm³/mol. The van der Waals surface area contributed by atoms with E-state index in [2.05, 4.69) is 57.7 Å². The van der Waals surface area contributed by atoms with Gasteiger partial charge in [-0.25, -0.2) is 0 Å². The molecule has 0 unspecified atom stereocenters. The van der Waals surface area contributed by atoms with E-state index < -0.39 is 101 Å². The zero-order valence-corrected chi connectivity index (χ0v) is 30.0. The summed E-state index contributed by atoms with van der Waals surface area (Å²) in [5, 5.41) is 5.74. The van der Waals surface area contributed by atoms with Crippen molar-refractivity contribution in [3.05, 3.63) is 212 Å². The lowest BCUT2D eigenvalue weighted by atomic mass is 9.98. The monoisotopic (exact) mass is 738 g/mol. The van der Waals surface area contributed by atoms with Crippen LogP contribution in [0.2, 0.25) is 0 Å². The van der Waals surface area contributed by atoms with Crippen LogP contribution < -0.4 is 0 Å². The Hall–Kier alpha value is -7.62. The van der Waals surface area contributed by atoms with Crippen LogP contribution in [0.25, 0.3) is 105 Å². The molecule has 12 aromatic rings. The van der Waals surface area contributed by atoms with Gasteiger partial charge in [0.05, 0.1) is 50.9 Å². The number of para-hydroxylation sites is 4. The lowest BCUT2D eigenvalue weighted by molar-refractivity contribution is 1.15. The second-order valence-corrected chi connectivity index (χ2v) is 14.0. The average molecular weight is 739 g/mol. The quantitative estimate of drug-likeness (QED) is 0.167. The van der Waals surface area contributed by atoms with E-state index in [0.29, 0.717) is 11.0 Å². The Balaban J connectivity index is 1.18. The van der Waals surface area contributed by atoms with Gasteiger partial charge in [-0.1, -0.05) is 139 Å². The molecule has 0 amide bonds. The summed E-state index contributed by atoms with van der Waals surface area (Å²) >= 11 is 0. The van der Waals surface area contributed by atoms with Gasteiger partial charge in [-0.05, 0) is 95.0 Å². The predicted octanol–water partition coefficient (Wildman–Crippen LogP) is 14.3. The SMILES string of the molecule is [2H]c1c([2H])c([2H])c(-c2c([2H])c(-c3c([2H])c([2H])c([2H])c([2H])c3[2H])c([2H])c(-n3c4ccccc4c4ccc(-n5c6ccccc6c6cc(-n7c8ccccc8c8ccccc87)ccc65)cc43)c2[2H])c([2H])c1[2H]. The smallest absolute Gasteiger partial charge is 0.0651 e. The van der Waals surface area contributed by atoms with Crippen molar-refractivity contribution in [1.29, 1.82) is 0 Å². The van der Waals surface area contributed by atoms with Crippen molar-refractivity contribution in [1.82, 2.24) is 13.7 Å². The molecule has 0 N–H and O–H groups in total. The van der Waals surface area contributed by atoms with Crippen LogP contribution in [0.15, 0.2) is 212 Å². The van der Waals surface area contributed by atoms with Gasteiger partial charge in [-0.15, -0.1) is 0 Å². The largest absolute Gasteiger partial charge is 0.309 e. The maximum absolute atomic E-state index is 9.95. The summed E-state index contributed by atoms with van der Waals surface area (Å²) in [7, 11) is 0. The maximum atomic E-state index is 9.95. The van der Waals surface area contributed by atoms with Crippen molar-refractivity contribution in [3.63, 3.8) is 0 Å². The fraction of sp³-hybridized carbons (Fsp3) is 0. The van der Waals surface area contributed by atoms with E-state index >= 15 is 0 Å². The fourth-order valence-corrected chi connectivity index (χ4v) is 8.49. The maximum Gasteiger partial charge on any atom is 0.0651 e. The van der Waals surface area contributed by atoms with E-state index in [1.807, 2.05) is 72.8 Å². The van der Waals surface area contributed by atoms with Gasteiger partial charge in [0, 0.05) is 49.4 Å². The van der Waals surface area contributed by atoms with Crippen molar-refractivity contribution >= 4 is 65.4 Å². The molecule has 0 radical (unpaired) electrons. The number of hydrogen-bond donors (Lipinski definition) is 0. The molecule has 0 aliphatic heterocycles. The first-order chi connectivity index (χ1) is 33.7. The number of rotatable bonds is 5. The minimum Gasteiger partial charge on any atom is -0.309 e. The van der Waals surface area contributed by atoms with Gasteiger partial charge in [0.1, 0.15) is 0 Å². The topological polar surface area (TPSA) is 14.8 Å². The summed E-state index contributed by atoms with van der Waals surface area (Å²) in [4.78, 5) is 0. The van der Waals surface area contributed by atoms with Gasteiger partial charge < -0.3 is 13.7 Å². The molecular formula is C54H35N3. The van der Waals surface area contributed by atoms with Crippen molar-refractivity contribution in [2.75, 3.05) is 0 Å². The Labute approximate surface area is 347 Å². The molecule has 0 spiro atoms. The first kappa shape index (κ1) is 21.5. The Kier molecular flexibility index (Phi) is 4.69. The minimum absolute atomic E-state index is 0.194. The highest BCUT2D eigenvalue weighted by atomic mass is 15.0. The van der Waals surface area contributed by atoms with Crippen LogP contribution >= 0.6 is 0 Å². The Morgan fingerprint density at radius 2 is 0.667 bits per heavy atom. The standard InChI is InChI=1S/C54H35N3/c1-3-15-36(16-4-1)38-31-39(37-17-5-2-6-18-37)33-42(32-38)57-51-25-13-9-21-45(51)47-29-27-41(35-54(47)57)56-52-26-14-10-22-46(52)48-34-40(28-30-53(48)56)55-49-23-11-7-19-43(49)44-20-8-12-24-50(44)55/h1-35H/i1D,2D,3D,4D,5D,6D,15D,16D,17D,18D,31D,32D,33D. The molecule has 12 rings (SSSR count). The third-order valence-electron chi connectivity index (χ3n) is 10.9. The van der Waals surface area contributed by atoms with Crippen LogP contribution in [-0.4, -0.2) is 13.7 Å². The number of fused-ring (bicyclic) bond motifs is 9. The van der Waals surface area contributed by atoms with Crippen LogP contribution in [0, 0.1) is 0 Å². The van der Waals surface area contributed by atoms with Crippen LogP contribution in [0.1, 0.15) is 17.8 Å². The molecule has 0 atom stereocenters. The third kappa shape index (κ3) is 4.86. The van der Waals surface area contributed by atoms with Crippen molar-refractivity contribution in [3.8, 4) is 39.3 Å². The molecule has 3 nitrogen and oxygen atoms in total. The van der Waals surface area contributed by atoms with Gasteiger partial charge in [-0.3, -0.25) is 0 Å². The zero-order valence-electron chi connectivity index (χ0n) is 43.0. The second kappa shape index (κ2) is 12.5. The first-order valence-corrected chi connectivity index (χ1v) is 18.5. The molecule has 266 valence electrons. The van der Waals surface area contributed by atoms with E-state index in [1.54, 1.807) is 16.7 Å². The lowest BCUT2D eigenvalue weighted by Crippen LogP contribution is -1.98. The summed E-state index contributed by atoms with van der Waals surface area (Å²) in [6, 6.07) is 35.6. The van der Waals surface area contributed by atoms with Gasteiger partial charge in [0.15, 0.2) is 0 Å². The summed E-state index contributed by atoms with van der Waals surface area (Å²) in [6.45, 7) is 0. The Morgan fingerprint density at radius 3 is 1.18 bits per heavy atom. The summed E-state index contributed by atoms with van der Waals surface area (Å²) in [6.07, 6.45) is 0. The molecule has 3 heterocycles. The third-order valence-corrected chi connectivity index (χ3v) is 10.9. The lowest BCUT2D eigenvalue weighted by Gasteiger charge is -2.15. The number of nitrogens with zero attached hydrogens (tertiary/aromatic N) is 3. The average Bonchev–Trinajstić information content (AvgIpc) is 4.01. The minimum atomic E-state index is -0.717. The second-order valence-electron chi connectivity index (χ2n) is 14.0. The first-order valence-electron chi connectivity index (χ1n) is 25.0. The van der Waals surface area contributed by atoms with Crippen LogP contribution in [-0.2, 0) is 0 Å². The molecule has 0 fully saturated rings. The molecule has 57 heavy (non-hydrogen) atoms. The van der Waals surface area contributed by atoms with Crippen LogP contribution in [0.4, 0.5) is 0 Å². The van der Waals surface area contributed by atoms with Gasteiger partial charge in [0.25, 0.3) is 0 Å². The molecule has 0 saturated heterocycles. The van der Waals surface area contributed by atoms with E-state index in [1.165, 1.54) is 0 Å². The van der Waals surface area contributed by atoms with Gasteiger partial charge >= 0.3 is 0 Å². The molecule has 0 aliphatic rings.